The van der Waals surface area contributed by atoms with Crippen molar-refractivity contribution in [2.45, 2.75) is 20.3 Å². The second-order valence-electron chi connectivity index (χ2n) is 3.87. The van der Waals surface area contributed by atoms with Crippen LogP contribution in [0.1, 0.15) is 19.4 Å². The Labute approximate surface area is 90.1 Å². The van der Waals surface area contributed by atoms with Crippen molar-refractivity contribution in [3.63, 3.8) is 0 Å². The van der Waals surface area contributed by atoms with Gasteiger partial charge in [0.25, 0.3) is 0 Å². The van der Waals surface area contributed by atoms with Gasteiger partial charge >= 0.3 is 0 Å². The van der Waals surface area contributed by atoms with Crippen LogP contribution in [0.4, 0.5) is 0 Å². The predicted octanol–water partition coefficient (Wildman–Crippen LogP) is 3.35. The summed E-state index contributed by atoms with van der Waals surface area (Å²) in [4.78, 5) is 10.8. The second-order valence-corrected chi connectivity index (χ2v) is 4.31. The van der Waals surface area contributed by atoms with E-state index in [0.717, 1.165) is 17.7 Å². The molecule has 0 aliphatic rings. The Morgan fingerprint density at radius 3 is 2.29 bits per heavy atom. The van der Waals surface area contributed by atoms with Gasteiger partial charge in [0.2, 0.25) is 0 Å². The average Bonchev–Trinajstić information content (AvgIpc) is 2.16. The van der Waals surface area contributed by atoms with Gasteiger partial charge in [-0.15, -0.1) is 0 Å². The molecule has 0 heterocycles. The normalized spacial score (nSPS) is 12.9. The number of carbonyl (C=O) groups excluding carboxylic acids is 1. The first kappa shape index (κ1) is 11.3. The molecule has 76 valence electrons. The van der Waals surface area contributed by atoms with Crippen molar-refractivity contribution in [3.8, 4) is 0 Å². The van der Waals surface area contributed by atoms with Gasteiger partial charge in [0.15, 0.2) is 0 Å². The highest BCUT2D eigenvalue weighted by Crippen LogP contribution is 2.17. The zero-order chi connectivity index (χ0) is 10.6. The molecule has 1 unspecified atom stereocenters. The summed E-state index contributed by atoms with van der Waals surface area (Å²) in [6.07, 6.45) is 1.84. The molecule has 14 heavy (non-hydrogen) atoms. The molecule has 0 saturated heterocycles. The summed E-state index contributed by atoms with van der Waals surface area (Å²) in [5, 5.41) is 0.737. The molecular weight excluding hydrogens is 196 g/mol. The van der Waals surface area contributed by atoms with Gasteiger partial charge in [-0.3, -0.25) is 0 Å². The second kappa shape index (κ2) is 5.16. The zero-order valence-corrected chi connectivity index (χ0v) is 9.29. The maximum atomic E-state index is 10.8. The van der Waals surface area contributed by atoms with E-state index in [9.17, 15) is 4.79 Å². The summed E-state index contributed by atoms with van der Waals surface area (Å²) in [6, 6.07) is 7.67. The molecule has 0 bridgehead atoms. The van der Waals surface area contributed by atoms with Gasteiger partial charge in [-0.1, -0.05) is 37.6 Å². The lowest BCUT2D eigenvalue weighted by Gasteiger charge is -2.13. The number of hydrogen-bond donors (Lipinski definition) is 0. The Morgan fingerprint density at radius 2 is 1.86 bits per heavy atom. The molecule has 1 aromatic rings. The van der Waals surface area contributed by atoms with E-state index in [1.807, 2.05) is 24.3 Å². The van der Waals surface area contributed by atoms with Crippen molar-refractivity contribution in [2.24, 2.45) is 11.8 Å². The maximum absolute atomic E-state index is 10.8. The molecule has 0 N–H and O–H groups in total. The zero-order valence-electron chi connectivity index (χ0n) is 8.53. The molecule has 1 rings (SSSR count). The Morgan fingerprint density at radius 1 is 1.29 bits per heavy atom. The number of carbonyl (C=O) groups is 1. The van der Waals surface area contributed by atoms with E-state index in [1.165, 1.54) is 5.56 Å². The lowest BCUT2D eigenvalue weighted by atomic mass is 9.91. The first-order valence-electron chi connectivity index (χ1n) is 4.83. The number of rotatable bonds is 4. The molecule has 0 aliphatic carbocycles. The van der Waals surface area contributed by atoms with Crippen molar-refractivity contribution < 1.29 is 4.79 Å². The van der Waals surface area contributed by atoms with Crippen LogP contribution < -0.4 is 0 Å². The monoisotopic (exact) mass is 210 g/mol. The average molecular weight is 211 g/mol. The van der Waals surface area contributed by atoms with E-state index < -0.39 is 0 Å². The van der Waals surface area contributed by atoms with E-state index >= 15 is 0 Å². The SMILES string of the molecule is CC(C)C(C=O)Cc1ccc(Cl)cc1. The minimum absolute atomic E-state index is 0.108. The third-order valence-corrected chi connectivity index (χ3v) is 2.67. The van der Waals surface area contributed by atoms with Crippen LogP contribution in [0.15, 0.2) is 24.3 Å². The van der Waals surface area contributed by atoms with Crippen LogP contribution in [0.3, 0.4) is 0 Å². The Bertz CT molecular complexity index is 290. The van der Waals surface area contributed by atoms with Crippen LogP contribution in [-0.2, 0) is 11.2 Å². The van der Waals surface area contributed by atoms with Crippen LogP contribution >= 0.6 is 11.6 Å². The van der Waals surface area contributed by atoms with Gasteiger partial charge in [0.05, 0.1) is 0 Å². The van der Waals surface area contributed by atoms with Crippen LogP contribution in [-0.4, -0.2) is 6.29 Å². The first-order chi connectivity index (χ1) is 6.63. The van der Waals surface area contributed by atoms with Gasteiger partial charge < -0.3 is 4.79 Å². The molecular formula is C12H15ClO. The molecule has 0 radical (unpaired) electrons. The number of aldehydes is 1. The fourth-order valence-corrected chi connectivity index (χ4v) is 1.46. The highest BCUT2D eigenvalue weighted by Gasteiger charge is 2.12. The number of benzene rings is 1. The third-order valence-electron chi connectivity index (χ3n) is 2.42. The lowest BCUT2D eigenvalue weighted by Crippen LogP contribution is -2.13. The van der Waals surface area contributed by atoms with Gasteiger partial charge in [-0.25, -0.2) is 0 Å². The van der Waals surface area contributed by atoms with Crippen LogP contribution in [0.2, 0.25) is 5.02 Å². The highest BCUT2D eigenvalue weighted by molar-refractivity contribution is 6.30. The molecule has 0 aliphatic heterocycles. The quantitative estimate of drug-likeness (QED) is 0.697. The maximum Gasteiger partial charge on any atom is 0.123 e. The van der Waals surface area contributed by atoms with Gasteiger partial charge in [-0.2, -0.15) is 0 Å². The molecule has 2 heteroatoms. The summed E-state index contributed by atoms with van der Waals surface area (Å²) in [5.41, 5.74) is 1.17. The standard InChI is InChI=1S/C12H15ClO/c1-9(2)11(8-14)7-10-3-5-12(13)6-4-10/h3-6,8-9,11H,7H2,1-2H3. The minimum Gasteiger partial charge on any atom is -0.303 e. The van der Waals surface area contributed by atoms with E-state index in [1.54, 1.807) is 0 Å². The molecule has 1 nitrogen and oxygen atoms in total. The molecule has 0 saturated carbocycles. The smallest absolute Gasteiger partial charge is 0.123 e. The number of halogens is 1. The van der Waals surface area contributed by atoms with Crippen molar-refractivity contribution >= 4 is 17.9 Å². The summed E-state index contributed by atoms with van der Waals surface area (Å²) < 4.78 is 0. The van der Waals surface area contributed by atoms with Gasteiger partial charge in [0, 0.05) is 10.9 Å². The third kappa shape index (κ3) is 3.15. The molecule has 0 fully saturated rings. The highest BCUT2D eigenvalue weighted by atomic mass is 35.5. The lowest BCUT2D eigenvalue weighted by molar-refractivity contribution is -0.112. The molecule has 0 aromatic heterocycles. The fraction of sp³-hybridized carbons (Fsp3) is 0.417. The van der Waals surface area contributed by atoms with Crippen molar-refractivity contribution in [3.05, 3.63) is 34.9 Å². The van der Waals surface area contributed by atoms with E-state index in [4.69, 9.17) is 11.6 Å². The Kier molecular flexibility index (Phi) is 4.15. The Balaban J connectivity index is 2.67. The van der Waals surface area contributed by atoms with Crippen molar-refractivity contribution in [1.82, 2.24) is 0 Å². The minimum atomic E-state index is 0.108. The largest absolute Gasteiger partial charge is 0.303 e. The predicted molar refractivity (Wildman–Crippen MR) is 59.5 cm³/mol. The van der Waals surface area contributed by atoms with Gasteiger partial charge in [-0.05, 0) is 30.0 Å². The fourth-order valence-electron chi connectivity index (χ4n) is 1.33. The van der Waals surface area contributed by atoms with Crippen molar-refractivity contribution in [1.29, 1.82) is 0 Å². The van der Waals surface area contributed by atoms with Crippen LogP contribution in [0.25, 0.3) is 0 Å². The first-order valence-corrected chi connectivity index (χ1v) is 5.21. The summed E-state index contributed by atoms with van der Waals surface area (Å²) in [7, 11) is 0. The Hall–Kier alpha value is -0.820. The molecule has 0 amide bonds. The topological polar surface area (TPSA) is 17.1 Å². The number of hydrogen-bond acceptors (Lipinski definition) is 1. The van der Waals surface area contributed by atoms with Gasteiger partial charge in [0.1, 0.15) is 6.29 Å². The summed E-state index contributed by atoms with van der Waals surface area (Å²) >= 11 is 5.78. The molecule has 1 atom stereocenters. The summed E-state index contributed by atoms with van der Waals surface area (Å²) in [6.45, 7) is 4.13. The molecule has 1 aromatic carbocycles. The van der Waals surface area contributed by atoms with Crippen molar-refractivity contribution in [2.75, 3.05) is 0 Å². The van der Waals surface area contributed by atoms with E-state index in [2.05, 4.69) is 13.8 Å². The van der Waals surface area contributed by atoms with Crippen LogP contribution in [0.5, 0.6) is 0 Å². The molecule has 0 spiro atoms. The summed E-state index contributed by atoms with van der Waals surface area (Å²) in [5.74, 6) is 0.499. The van der Waals surface area contributed by atoms with E-state index in [0.29, 0.717) is 5.92 Å². The van der Waals surface area contributed by atoms with Crippen LogP contribution in [0, 0.1) is 11.8 Å². The van der Waals surface area contributed by atoms with E-state index in [-0.39, 0.29) is 5.92 Å².